The van der Waals surface area contributed by atoms with E-state index in [1.165, 1.54) is 54.9 Å². The Hall–Kier alpha value is -3.84. The van der Waals surface area contributed by atoms with Crippen LogP contribution in [-0.4, -0.2) is 0 Å². The average molecular weight is 411 g/mol. The van der Waals surface area contributed by atoms with Crippen molar-refractivity contribution in [3.05, 3.63) is 107 Å². The Balaban J connectivity index is 1.68. The van der Waals surface area contributed by atoms with E-state index >= 15 is 0 Å². The van der Waals surface area contributed by atoms with Gasteiger partial charge in [-0.1, -0.05) is 85.0 Å². The standard InChI is InChI=1S/C31H22O/c1-2-9-20-17-18-28-30(23(20)12-3-1)31-26(15-8-16-27(31)32-28)29-24-13-6-4-10-21(24)19-22-11-5-7-14-25(22)29/h1-4,6-8,10,12-19H,5,9,11H2. The van der Waals surface area contributed by atoms with E-state index < -0.39 is 0 Å². The SMILES string of the molecule is C1=CCc2ccc3oc4cccc(-c5c6c(cc7ccccc57)CCC=C6)c4c3c2C=C1. The van der Waals surface area contributed by atoms with Crippen LogP contribution in [0, 0.1) is 0 Å². The summed E-state index contributed by atoms with van der Waals surface area (Å²) in [6.45, 7) is 0. The van der Waals surface area contributed by atoms with Crippen LogP contribution in [0.1, 0.15) is 28.7 Å². The summed E-state index contributed by atoms with van der Waals surface area (Å²) in [4.78, 5) is 0. The van der Waals surface area contributed by atoms with Crippen molar-refractivity contribution in [3.8, 4) is 11.1 Å². The van der Waals surface area contributed by atoms with Gasteiger partial charge in [-0.2, -0.15) is 0 Å². The maximum Gasteiger partial charge on any atom is 0.136 e. The first-order valence-corrected chi connectivity index (χ1v) is 11.4. The van der Waals surface area contributed by atoms with Crippen LogP contribution in [0.2, 0.25) is 0 Å². The van der Waals surface area contributed by atoms with E-state index in [0.717, 1.165) is 30.4 Å². The predicted octanol–water partition coefficient (Wildman–Crippen LogP) is 8.49. The highest BCUT2D eigenvalue weighted by Crippen LogP contribution is 2.45. The molecule has 1 aromatic heterocycles. The molecule has 152 valence electrons. The molecular weight excluding hydrogens is 388 g/mol. The summed E-state index contributed by atoms with van der Waals surface area (Å²) >= 11 is 0. The smallest absolute Gasteiger partial charge is 0.136 e. The van der Waals surface area contributed by atoms with Crippen LogP contribution in [0.5, 0.6) is 0 Å². The molecule has 5 aromatic rings. The summed E-state index contributed by atoms with van der Waals surface area (Å²) in [5.41, 5.74) is 9.93. The van der Waals surface area contributed by atoms with Crippen LogP contribution in [0.15, 0.2) is 89.4 Å². The van der Waals surface area contributed by atoms with Crippen molar-refractivity contribution < 1.29 is 4.42 Å². The van der Waals surface area contributed by atoms with E-state index in [-0.39, 0.29) is 0 Å². The van der Waals surface area contributed by atoms with E-state index in [4.69, 9.17) is 4.42 Å². The summed E-state index contributed by atoms with van der Waals surface area (Å²) in [5.74, 6) is 0. The first kappa shape index (κ1) is 17.8. The molecule has 7 rings (SSSR count). The number of aryl methyl sites for hydroxylation is 1. The Morgan fingerprint density at radius 3 is 2.62 bits per heavy atom. The topological polar surface area (TPSA) is 13.1 Å². The molecule has 1 nitrogen and oxygen atoms in total. The summed E-state index contributed by atoms with van der Waals surface area (Å²) in [5, 5.41) is 5.07. The molecule has 4 aromatic carbocycles. The molecule has 0 atom stereocenters. The van der Waals surface area contributed by atoms with E-state index in [2.05, 4.69) is 97.1 Å². The van der Waals surface area contributed by atoms with Gasteiger partial charge in [0.25, 0.3) is 0 Å². The highest BCUT2D eigenvalue weighted by molar-refractivity contribution is 6.19. The fraction of sp³-hybridized carbons (Fsp3) is 0.0968. The summed E-state index contributed by atoms with van der Waals surface area (Å²) in [7, 11) is 0. The Kier molecular flexibility index (Phi) is 3.80. The van der Waals surface area contributed by atoms with Crippen LogP contribution in [0.25, 0.3) is 56.0 Å². The van der Waals surface area contributed by atoms with Crippen molar-refractivity contribution in [2.24, 2.45) is 0 Å². The normalized spacial score (nSPS) is 14.8. The number of rotatable bonds is 1. The van der Waals surface area contributed by atoms with Gasteiger partial charge in [0.15, 0.2) is 0 Å². The van der Waals surface area contributed by atoms with E-state index in [0.29, 0.717) is 0 Å². The molecule has 0 fully saturated rings. The minimum atomic E-state index is 0.944. The van der Waals surface area contributed by atoms with Crippen LogP contribution >= 0.6 is 0 Å². The van der Waals surface area contributed by atoms with Gasteiger partial charge >= 0.3 is 0 Å². The second-order valence-electron chi connectivity index (χ2n) is 8.77. The van der Waals surface area contributed by atoms with Gasteiger partial charge in [0.2, 0.25) is 0 Å². The van der Waals surface area contributed by atoms with Gasteiger partial charge in [-0.3, -0.25) is 0 Å². The fourth-order valence-corrected chi connectivity index (χ4v) is 5.53. The van der Waals surface area contributed by atoms with Gasteiger partial charge in [0.1, 0.15) is 11.2 Å². The van der Waals surface area contributed by atoms with Crippen LogP contribution < -0.4 is 0 Å². The molecule has 0 bridgehead atoms. The quantitative estimate of drug-likeness (QED) is 0.270. The molecular formula is C31H22O. The third kappa shape index (κ3) is 2.51. The number of furan rings is 1. The maximum absolute atomic E-state index is 6.41. The Morgan fingerprint density at radius 2 is 1.62 bits per heavy atom. The second kappa shape index (κ2) is 6.83. The third-order valence-corrected chi connectivity index (χ3v) is 6.95. The van der Waals surface area contributed by atoms with Gasteiger partial charge in [0, 0.05) is 10.8 Å². The predicted molar refractivity (Wildman–Crippen MR) is 136 cm³/mol. The van der Waals surface area contributed by atoms with Gasteiger partial charge in [-0.05, 0) is 75.5 Å². The first-order chi connectivity index (χ1) is 15.9. The first-order valence-electron chi connectivity index (χ1n) is 11.4. The molecule has 0 spiro atoms. The van der Waals surface area contributed by atoms with Gasteiger partial charge < -0.3 is 4.42 Å². The molecule has 0 radical (unpaired) electrons. The molecule has 0 amide bonds. The lowest BCUT2D eigenvalue weighted by Gasteiger charge is -2.19. The summed E-state index contributed by atoms with van der Waals surface area (Å²) in [6, 6.07) is 22.1. The summed E-state index contributed by atoms with van der Waals surface area (Å²) in [6.07, 6.45) is 16.5. The third-order valence-electron chi connectivity index (χ3n) is 6.95. The molecule has 0 saturated carbocycles. The molecule has 32 heavy (non-hydrogen) atoms. The Morgan fingerprint density at radius 1 is 0.688 bits per heavy atom. The molecule has 2 aliphatic carbocycles. The van der Waals surface area contributed by atoms with Crippen LogP contribution in [0.3, 0.4) is 0 Å². The molecule has 0 N–H and O–H groups in total. The minimum Gasteiger partial charge on any atom is -0.456 e. The number of hydrogen-bond acceptors (Lipinski definition) is 1. The second-order valence-corrected chi connectivity index (χ2v) is 8.77. The lowest BCUT2D eigenvalue weighted by Crippen LogP contribution is -1.98. The van der Waals surface area contributed by atoms with E-state index in [1.807, 2.05) is 0 Å². The van der Waals surface area contributed by atoms with Crippen molar-refractivity contribution >= 4 is 44.9 Å². The molecule has 0 unspecified atom stereocenters. The minimum absolute atomic E-state index is 0.944. The average Bonchev–Trinajstić information content (AvgIpc) is 3.05. The number of fused-ring (bicyclic) bond motifs is 7. The van der Waals surface area contributed by atoms with E-state index in [1.54, 1.807) is 0 Å². The zero-order chi connectivity index (χ0) is 21.1. The van der Waals surface area contributed by atoms with Crippen LogP contribution in [-0.2, 0) is 12.8 Å². The molecule has 1 heteroatoms. The zero-order valence-electron chi connectivity index (χ0n) is 17.8. The lowest BCUT2D eigenvalue weighted by molar-refractivity contribution is 0.669. The number of hydrogen-bond donors (Lipinski definition) is 0. The van der Waals surface area contributed by atoms with Gasteiger partial charge in [0.05, 0.1) is 0 Å². The number of benzene rings is 4. The van der Waals surface area contributed by atoms with E-state index in [9.17, 15) is 0 Å². The van der Waals surface area contributed by atoms with Crippen molar-refractivity contribution in [1.29, 1.82) is 0 Å². The molecule has 2 aliphatic rings. The maximum atomic E-state index is 6.41. The fourth-order valence-electron chi connectivity index (χ4n) is 5.53. The highest BCUT2D eigenvalue weighted by Gasteiger charge is 2.21. The van der Waals surface area contributed by atoms with Gasteiger partial charge in [-0.15, -0.1) is 0 Å². The van der Waals surface area contributed by atoms with Crippen molar-refractivity contribution in [2.45, 2.75) is 19.3 Å². The zero-order valence-corrected chi connectivity index (χ0v) is 17.8. The number of allylic oxidation sites excluding steroid dienone is 4. The van der Waals surface area contributed by atoms with Crippen LogP contribution in [0.4, 0.5) is 0 Å². The molecule has 0 aliphatic heterocycles. The van der Waals surface area contributed by atoms with Crippen molar-refractivity contribution in [1.82, 2.24) is 0 Å². The summed E-state index contributed by atoms with van der Waals surface area (Å²) < 4.78 is 6.41. The van der Waals surface area contributed by atoms with Crippen molar-refractivity contribution in [3.63, 3.8) is 0 Å². The Labute approximate surface area is 187 Å². The monoisotopic (exact) mass is 410 g/mol. The molecule has 1 heterocycles. The highest BCUT2D eigenvalue weighted by atomic mass is 16.3. The lowest BCUT2D eigenvalue weighted by atomic mass is 9.84. The largest absolute Gasteiger partial charge is 0.456 e. The Bertz CT molecular complexity index is 1640. The molecule has 0 saturated heterocycles. The van der Waals surface area contributed by atoms with Crippen molar-refractivity contribution in [2.75, 3.05) is 0 Å². The van der Waals surface area contributed by atoms with Gasteiger partial charge in [-0.25, -0.2) is 0 Å².